The second-order valence-corrected chi connectivity index (χ2v) is 9.16. The maximum absolute atomic E-state index is 12.3. The molecule has 0 spiro atoms. The first-order chi connectivity index (χ1) is 13.5. The summed E-state index contributed by atoms with van der Waals surface area (Å²) in [6, 6.07) is 6.95. The minimum Gasteiger partial charge on any atom is -0.462 e. The molecule has 2 aliphatic carbocycles. The first-order valence-electron chi connectivity index (χ1n) is 11.1. The van der Waals surface area contributed by atoms with Crippen LogP contribution in [-0.2, 0) is 9.47 Å². The number of carbonyl (C=O) groups is 1. The molecule has 2 aliphatic rings. The summed E-state index contributed by atoms with van der Waals surface area (Å²) in [5.74, 6) is 2.38. The van der Waals surface area contributed by atoms with E-state index in [4.69, 9.17) is 9.47 Å². The number of hydrogen-bond donors (Lipinski definition) is 1. The van der Waals surface area contributed by atoms with Crippen molar-refractivity contribution in [1.29, 1.82) is 0 Å². The number of aliphatic hydroxyl groups excluding tert-OH is 1. The zero-order chi connectivity index (χ0) is 19.9. The maximum atomic E-state index is 12.3. The number of hydrogen-bond acceptors (Lipinski definition) is 4. The van der Waals surface area contributed by atoms with Crippen molar-refractivity contribution in [2.75, 3.05) is 13.2 Å². The van der Waals surface area contributed by atoms with Gasteiger partial charge in [0.15, 0.2) is 6.29 Å². The Labute approximate surface area is 169 Å². The van der Waals surface area contributed by atoms with Crippen molar-refractivity contribution in [3.63, 3.8) is 0 Å². The molecule has 1 unspecified atom stereocenters. The lowest BCUT2D eigenvalue weighted by molar-refractivity contribution is -0.116. The standard InChI is InChI=1S/C24H36O4/c1-17-3-7-19(8-4-17)15-27-23(25)21-11-13-22(14-12-21)24(26)28-16-20-9-5-18(2)6-10-20/h11-14,17-20,23,25H,3-10,15-16H2,1-2H3. The third-order valence-corrected chi connectivity index (χ3v) is 6.64. The van der Waals surface area contributed by atoms with E-state index >= 15 is 0 Å². The van der Waals surface area contributed by atoms with Gasteiger partial charge in [0.1, 0.15) is 0 Å². The molecule has 0 aromatic heterocycles. The van der Waals surface area contributed by atoms with Crippen molar-refractivity contribution in [3.8, 4) is 0 Å². The highest BCUT2D eigenvalue weighted by Crippen LogP contribution is 2.30. The predicted octanol–water partition coefficient (Wildman–Crippen LogP) is 5.50. The van der Waals surface area contributed by atoms with E-state index in [1.54, 1.807) is 24.3 Å². The smallest absolute Gasteiger partial charge is 0.338 e. The summed E-state index contributed by atoms with van der Waals surface area (Å²) in [5, 5.41) is 10.3. The highest BCUT2D eigenvalue weighted by molar-refractivity contribution is 5.89. The molecule has 4 heteroatoms. The van der Waals surface area contributed by atoms with Crippen molar-refractivity contribution in [3.05, 3.63) is 35.4 Å². The van der Waals surface area contributed by atoms with E-state index in [9.17, 15) is 9.90 Å². The molecule has 0 radical (unpaired) electrons. The largest absolute Gasteiger partial charge is 0.462 e. The first-order valence-corrected chi connectivity index (χ1v) is 11.1. The van der Waals surface area contributed by atoms with Gasteiger partial charge in [-0.3, -0.25) is 0 Å². The molecular weight excluding hydrogens is 352 g/mol. The van der Waals surface area contributed by atoms with Crippen LogP contribution in [0.25, 0.3) is 0 Å². The van der Waals surface area contributed by atoms with Gasteiger partial charge >= 0.3 is 5.97 Å². The highest BCUT2D eigenvalue weighted by atomic mass is 16.6. The fourth-order valence-electron chi connectivity index (χ4n) is 4.38. The summed E-state index contributed by atoms with van der Waals surface area (Å²) in [7, 11) is 0. The van der Waals surface area contributed by atoms with E-state index in [-0.39, 0.29) is 5.97 Å². The van der Waals surface area contributed by atoms with Gasteiger partial charge in [0, 0.05) is 5.56 Å². The lowest BCUT2D eigenvalue weighted by atomic mass is 9.83. The third kappa shape index (κ3) is 6.31. The fourth-order valence-corrected chi connectivity index (χ4v) is 4.38. The molecule has 0 bridgehead atoms. The average Bonchev–Trinajstić information content (AvgIpc) is 2.72. The SMILES string of the molecule is CC1CCC(COC(=O)c2ccc(C(O)OCC3CCC(C)CC3)cc2)CC1. The average molecular weight is 389 g/mol. The van der Waals surface area contributed by atoms with Gasteiger partial charge in [-0.1, -0.05) is 51.7 Å². The van der Waals surface area contributed by atoms with E-state index in [0.29, 0.717) is 36.2 Å². The molecule has 1 N–H and O–H groups in total. The molecule has 4 nitrogen and oxygen atoms in total. The Kier molecular flexibility index (Phi) is 7.92. The van der Waals surface area contributed by atoms with Gasteiger partial charge in [0.25, 0.3) is 0 Å². The summed E-state index contributed by atoms with van der Waals surface area (Å²) >= 11 is 0. The Hall–Kier alpha value is -1.39. The molecule has 156 valence electrons. The molecule has 2 saturated carbocycles. The molecule has 0 amide bonds. The monoisotopic (exact) mass is 388 g/mol. The van der Waals surface area contributed by atoms with Crippen LogP contribution in [-0.4, -0.2) is 24.3 Å². The van der Waals surface area contributed by atoms with Gasteiger partial charge in [-0.15, -0.1) is 0 Å². The zero-order valence-electron chi connectivity index (χ0n) is 17.4. The van der Waals surface area contributed by atoms with Crippen LogP contribution in [0.4, 0.5) is 0 Å². The first kappa shape index (κ1) is 21.3. The van der Waals surface area contributed by atoms with Gasteiger partial charge in [-0.05, 0) is 61.5 Å². The van der Waals surface area contributed by atoms with Crippen LogP contribution in [0, 0.1) is 23.7 Å². The quantitative estimate of drug-likeness (QED) is 0.495. The lowest BCUT2D eigenvalue weighted by Crippen LogP contribution is -2.19. The number of aliphatic hydroxyl groups is 1. The predicted molar refractivity (Wildman–Crippen MR) is 110 cm³/mol. The second kappa shape index (κ2) is 10.4. The molecule has 0 heterocycles. The summed E-state index contributed by atoms with van der Waals surface area (Å²) in [6.45, 7) is 5.70. The van der Waals surface area contributed by atoms with Crippen LogP contribution in [0.2, 0.25) is 0 Å². The van der Waals surface area contributed by atoms with Gasteiger partial charge in [-0.2, -0.15) is 0 Å². The van der Waals surface area contributed by atoms with Crippen LogP contribution in [0.1, 0.15) is 87.4 Å². The van der Waals surface area contributed by atoms with E-state index < -0.39 is 6.29 Å². The molecule has 3 rings (SSSR count). The number of esters is 1. The number of benzene rings is 1. The fraction of sp³-hybridized carbons (Fsp3) is 0.708. The molecule has 1 atom stereocenters. The molecular formula is C24H36O4. The zero-order valence-corrected chi connectivity index (χ0v) is 17.4. The topological polar surface area (TPSA) is 55.8 Å². The molecule has 0 saturated heterocycles. The van der Waals surface area contributed by atoms with Gasteiger partial charge < -0.3 is 14.6 Å². The summed E-state index contributed by atoms with van der Waals surface area (Å²) < 4.78 is 11.2. The van der Waals surface area contributed by atoms with Crippen LogP contribution in [0.15, 0.2) is 24.3 Å². The van der Waals surface area contributed by atoms with Crippen molar-refractivity contribution < 1.29 is 19.4 Å². The Bertz CT molecular complexity index is 596. The molecule has 2 fully saturated rings. The molecule has 1 aromatic carbocycles. The number of ether oxygens (including phenoxy) is 2. The van der Waals surface area contributed by atoms with E-state index in [1.807, 2.05) is 0 Å². The lowest BCUT2D eigenvalue weighted by Gasteiger charge is -2.26. The van der Waals surface area contributed by atoms with E-state index in [1.165, 1.54) is 38.5 Å². The van der Waals surface area contributed by atoms with Crippen molar-refractivity contribution >= 4 is 5.97 Å². The Morgan fingerprint density at radius 1 is 0.893 bits per heavy atom. The van der Waals surface area contributed by atoms with Crippen LogP contribution in [0.5, 0.6) is 0 Å². The van der Waals surface area contributed by atoms with Gasteiger partial charge in [-0.25, -0.2) is 4.79 Å². The normalized spacial score (nSPS) is 29.2. The van der Waals surface area contributed by atoms with E-state index in [0.717, 1.165) is 24.7 Å². The van der Waals surface area contributed by atoms with Crippen molar-refractivity contribution in [2.45, 2.75) is 71.5 Å². The summed E-state index contributed by atoms with van der Waals surface area (Å²) in [6.07, 6.45) is 8.68. The van der Waals surface area contributed by atoms with Crippen molar-refractivity contribution in [1.82, 2.24) is 0 Å². The Morgan fingerprint density at radius 2 is 1.39 bits per heavy atom. The van der Waals surface area contributed by atoms with Crippen LogP contribution < -0.4 is 0 Å². The van der Waals surface area contributed by atoms with Crippen LogP contribution >= 0.6 is 0 Å². The number of rotatable bonds is 7. The highest BCUT2D eigenvalue weighted by Gasteiger charge is 2.21. The summed E-state index contributed by atoms with van der Waals surface area (Å²) in [4.78, 5) is 12.3. The third-order valence-electron chi connectivity index (χ3n) is 6.64. The molecule has 0 aliphatic heterocycles. The van der Waals surface area contributed by atoms with Gasteiger partial charge in [0.2, 0.25) is 0 Å². The maximum Gasteiger partial charge on any atom is 0.338 e. The van der Waals surface area contributed by atoms with Gasteiger partial charge in [0.05, 0.1) is 18.8 Å². The molecule has 1 aromatic rings. The number of carbonyl (C=O) groups excluding carboxylic acids is 1. The Morgan fingerprint density at radius 3 is 1.93 bits per heavy atom. The van der Waals surface area contributed by atoms with Crippen molar-refractivity contribution in [2.24, 2.45) is 23.7 Å². The van der Waals surface area contributed by atoms with E-state index in [2.05, 4.69) is 13.8 Å². The summed E-state index contributed by atoms with van der Waals surface area (Å²) in [5.41, 5.74) is 1.21. The second-order valence-electron chi connectivity index (χ2n) is 9.16. The minimum absolute atomic E-state index is 0.281. The minimum atomic E-state index is -0.936. The van der Waals surface area contributed by atoms with Crippen LogP contribution in [0.3, 0.4) is 0 Å². The molecule has 28 heavy (non-hydrogen) atoms. The Balaban J connectivity index is 1.41.